The predicted octanol–water partition coefficient (Wildman–Crippen LogP) is 3.00. The molecule has 0 radical (unpaired) electrons. The van der Waals surface area contributed by atoms with Crippen molar-refractivity contribution in [2.75, 3.05) is 0 Å². The number of halogens is 2. The topological polar surface area (TPSA) is 43.8 Å². The summed E-state index contributed by atoms with van der Waals surface area (Å²) >= 11 is 0. The minimum atomic E-state index is -0.868. The van der Waals surface area contributed by atoms with Crippen LogP contribution < -0.4 is 5.73 Å². The molecule has 0 spiro atoms. The molecule has 0 saturated carbocycles. The molecule has 2 rings (SSSR count). The molecule has 0 bridgehead atoms. The van der Waals surface area contributed by atoms with E-state index in [1.165, 1.54) is 6.07 Å². The number of aryl methyl sites for hydroxylation is 1. The van der Waals surface area contributed by atoms with Gasteiger partial charge in [-0.2, -0.15) is 0 Å². The van der Waals surface area contributed by atoms with E-state index in [0.717, 1.165) is 24.7 Å². The summed E-state index contributed by atoms with van der Waals surface area (Å²) in [5, 5.41) is 0. The fraction of sp³-hybridized carbons (Fsp3) is 0.500. The Labute approximate surface area is 111 Å². The van der Waals surface area contributed by atoms with Crippen LogP contribution in [0, 0.1) is 11.6 Å². The molecule has 0 fully saturated rings. The maximum Gasteiger partial charge on any atom is 0.161 e. The van der Waals surface area contributed by atoms with Crippen LogP contribution in [0.5, 0.6) is 0 Å². The van der Waals surface area contributed by atoms with Gasteiger partial charge in [-0.3, -0.25) is 0 Å². The minimum absolute atomic E-state index is 0.443. The summed E-state index contributed by atoms with van der Waals surface area (Å²) in [4.78, 5) is 4.39. The molecule has 5 heteroatoms. The van der Waals surface area contributed by atoms with Gasteiger partial charge in [0.15, 0.2) is 11.6 Å². The zero-order valence-electron chi connectivity index (χ0n) is 11.5. The molecular weight excluding hydrogens is 248 g/mol. The number of aromatic nitrogens is 2. The highest BCUT2D eigenvalue weighted by Crippen LogP contribution is 2.22. The Balaban J connectivity index is 2.62. The first-order valence-corrected chi connectivity index (χ1v) is 6.45. The van der Waals surface area contributed by atoms with Crippen molar-refractivity contribution in [1.29, 1.82) is 0 Å². The molecule has 0 unspecified atom stereocenters. The highest BCUT2D eigenvalue weighted by Gasteiger charge is 2.19. The van der Waals surface area contributed by atoms with Crippen LogP contribution in [0.1, 0.15) is 33.0 Å². The van der Waals surface area contributed by atoms with Crippen molar-refractivity contribution in [3.05, 3.63) is 29.6 Å². The molecule has 0 aliphatic rings. The van der Waals surface area contributed by atoms with Crippen molar-refractivity contribution < 1.29 is 8.78 Å². The van der Waals surface area contributed by atoms with Crippen molar-refractivity contribution in [1.82, 2.24) is 9.55 Å². The minimum Gasteiger partial charge on any atom is -0.326 e. The number of nitrogens with zero attached hydrogens (tertiary/aromatic N) is 2. The largest absolute Gasteiger partial charge is 0.326 e. The molecule has 0 aliphatic heterocycles. The van der Waals surface area contributed by atoms with Gasteiger partial charge in [0.1, 0.15) is 5.82 Å². The second-order valence-corrected chi connectivity index (χ2v) is 5.61. The molecule has 3 nitrogen and oxygen atoms in total. The first-order valence-electron chi connectivity index (χ1n) is 6.45. The van der Waals surface area contributed by atoms with Gasteiger partial charge in [-0.25, -0.2) is 13.8 Å². The lowest BCUT2D eigenvalue weighted by atomic mass is 10.1. The number of hydrogen-bond donors (Lipinski definition) is 1. The fourth-order valence-electron chi connectivity index (χ4n) is 2.17. The van der Waals surface area contributed by atoms with E-state index < -0.39 is 17.2 Å². The van der Waals surface area contributed by atoms with Crippen molar-refractivity contribution in [2.45, 2.75) is 45.7 Å². The summed E-state index contributed by atoms with van der Waals surface area (Å²) in [5.74, 6) is -0.903. The van der Waals surface area contributed by atoms with Crippen LogP contribution >= 0.6 is 0 Å². The van der Waals surface area contributed by atoms with Crippen molar-refractivity contribution in [3.63, 3.8) is 0 Å². The SMILES string of the molecule is CCCc1nc2cc(F)c(F)cc2n1CC(C)(C)N. The van der Waals surface area contributed by atoms with Crippen LogP contribution in [-0.2, 0) is 13.0 Å². The zero-order chi connectivity index (χ0) is 14.2. The second-order valence-electron chi connectivity index (χ2n) is 5.61. The monoisotopic (exact) mass is 267 g/mol. The van der Waals surface area contributed by atoms with E-state index in [-0.39, 0.29) is 0 Å². The van der Waals surface area contributed by atoms with Gasteiger partial charge in [-0.15, -0.1) is 0 Å². The van der Waals surface area contributed by atoms with E-state index in [4.69, 9.17) is 5.73 Å². The lowest BCUT2D eigenvalue weighted by Gasteiger charge is -2.21. The maximum atomic E-state index is 13.4. The fourth-order valence-corrected chi connectivity index (χ4v) is 2.17. The molecule has 19 heavy (non-hydrogen) atoms. The Morgan fingerprint density at radius 2 is 1.89 bits per heavy atom. The van der Waals surface area contributed by atoms with Crippen LogP contribution in [0.3, 0.4) is 0 Å². The standard InChI is InChI=1S/C14H19F2N3/c1-4-5-13-18-11-6-9(15)10(16)7-12(11)19(13)8-14(2,3)17/h6-7H,4-5,8,17H2,1-3H3. The summed E-state index contributed by atoms with van der Waals surface area (Å²) in [6.07, 6.45) is 1.67. The summed E-state index contributed by atoms with van der Waals surface area (Å²) in [7, 11) is 0. The number of nitrogens with two attached hydrogens (primary N) is 1. The first kappa shape index (κ1) is 13.9. The molecular formula is C14H19F2N3. The average Bonchev–Trinajstić information content (AvgIpc) is 2.57. The molecule has 2 N–H and O–H groups in total. The Kier molecular flexibility index (Phi) is 3.58. The Morgan fingerprint density at radius 1 is 1.26 bits per heavy atom. The molecule has 104 valence electrons. The molecule has 1 aromatic heterocycles. The van der Waals surface area contributed by atoms with Gasteiger partial charge in [0.2, 0.25) is 0 Å². The van der Waals surface area contributed by atoms with Gasteiger partial charge in [-0.1, -0.05) is 6.92 Å². The second kappa shape index (κ2) is 4.89. The normalized spacial score (nSPS) is 12.3. The van der Waals surface area contributed by atoms with Gasteiger partial charge in [0.25, 0.3) is 0 Å². The first-order chi connectivity index (χ1) is 8.81. The van der Waals surface area contributed by atoms with Gasteiger partial charge in [0.05, 0.1) is 11.0 Å². The average molecular weight is 267 g/mol. The Morgan fingerprint density at radius 3 is 2.47 bits per heavy atom. The highest BCUT2D eigenvalue weighted by molar-refractivity contribution is 5.76. The Hall–Kier alpha value is -1.49. The molecule has 0 amide bonds. The number of fused-ring (bicyclic) bond motifs is 1. The number of rotatable bonds is 4. The van der Waals surface area contributed by atoms with E-state index in [0.29, 0.717) is 17.6 Å². The van der Waals surface area contributed by atoms with E-state index in [2.05, 4.69) is 4.98 Å². The molecule has 0 saturated heterocycles. The van der Waals surface area contributed by atoms with Crippen molar-refractivity contribution in [3.8, 4) is 0 Å². The zero-order valence-corrected chi connectivity index (χ0v) is 11.5. The van der Waals surface area contributed by atoms with Gasteiger partial charge in [-0.05, 0) is 20.3 Å². The van der Waals surface area contributed by atoms with Crippen molar-refractivity contribution in [2.24, 2.45) is 5.73 Å². The van der Waals surface area contributed by atoms with Gasteiger partial charge in [0, 0.05) is 30.6 Å². The van der Waals surface area contributed by atoms with Crippen LogP contribution in [-0.4, -0.2) is 15.1 Å². The summed E-state index contributed by atoms with van der Waals surface area (Å²) in [6.45, 7) is 6.35. The van der Waals surface area contributed by atoms with Crippen LogP contribution in [0.15, 0.2) is 12.1 Å². The van der Waals surface area contributed by atoms with Crippen molar-refractivity contribution >= 4 is 11.0 Å². The Bertz CT molecular complexity index is 597. The molecule has 1 heterocycles. The van der Waals surface area contributed by atoms with Crippen LogP contribution in [0.25, 0.3) is 11.0 Å². The van der Waals surface area contributed by atoms with E-state index in [1.54, 1.807) is 0 Å². The van der Waals surface area contributed by atoms with E-state index >= 15 is 0 Å². The quantitative estimate of drug-likeness (QED) is 0.925. The summed E-state index contributed by atoms with van der Waals surface area (Å²) < 4.78 is 28.6. The molecule has 2 aromatic rings. The third kappa shape index (κ3) is 2.92. The number of imidazole rings is 1. The predicted molar refractivity (Wildman–Crippen MR) is 71.9 cm³/mol. The highest BCUT2D eigenvalue weighted by atomic mass is 19.2. The lowest BCUT2D eigenvalue weighted by molar-refractivity contribution is 0.430. The number of hydrogen-bond acceptors (Lipinski definition) is 2. The van der Waals surface area contributed by atoms with Crippen LogP contribution in [0.4, 0.5) is 8.78 Å². The summed E-state index contributed by atoms with van der Waals surface area (Å²) in [5.41, 5.74) is 6.67. The van der Waals surface area contributed by atoms with E-state index in [1.807, 2.05) is 25.3 Å². The third-order valence-electron chi connectivity index (χ3n) is 2.91. The smallest absolute Gasteiger partial charge is 0.161 e. The van der Waals surface area contributed by atoms with Crippen LogP contribution in [0.2, 0.25) is 0 Å². The van der Waals surface area contributed by atoms with Gasteiger partial charge >= 0.3 is 0 Å². The number of benzene rings is 1. The van der Waals surface area contributed by atoms with E-state index in [9.17, 15) is 8.78 Å². The summed E-state index contributed by atoms with van der Waals surface area (Å²) in [6, 6.07) is 2.34. The van der Waals surface area contributed by atoms with Gasteiger partial charge < -0.3 is 10.3 Å². The molecule has 0 aliphatic carbocycles. The molecule has 1 aromatic carbocycles. The third-order valence-corrected chi connectivity index (χ3v) is 2.91. The maximum absolute atomic E-state index is 13.4. The lowest BCUT2D eigenvalue weighted by Crippen LogP contribution is -2.37. The molecule has 0 atom stereocenters.